The molecular weight excluding hydrogens is 693 g/mol. The van der Waals surface area contributed by atoms with Gasteiger partial charge >= 0.3 is 0 Å². The molecule has 5 rings (SSSR count). The number of nitriles is 1. The standard InChI is InChI=1S/C41H44N4O5S2/c1-7-34(39(48)45-40-31(24-42)30-20-19-27(41(2,3)4)22-35(30)52-40)51-29-17-12-16-28(23-29)43-38(47)32(44-37(46)25-13-9-8-10-14-25)21-26-15-11-18-33(49-5)36(26)50-6/h8-18,21,23,27,34H,7,19-20,22H2,1-6H3,(H,43,47)(H,44,46)(H,45,48)/b32-21+. The monoisotopic (exact) mass is 736 g/mol. The topological polar surface area (TPSA) is 130 Å². The number of para-hydroxylation sites is 1. The summed E-state index contributed by atoms with van der Waals surface area (Å²) < 4.78 is 11.0. The smallest absolute Gasteiger partial charge is 0.272 e. The van der Waals surface area contributed by atoms with Crippen molar-refractivity contribution < 1.29 is 23.9 Å². The molecule has 0 aliphatic heterocycles. The molecule has 0 radical (unpaired) electrons. The molecule has 0 spiro atoms. The molecule has 52 heavy (non-hydrogen) atoms. The lowest BCUT2D eigenvalue weighted by atomic mass is 9.72. The molecule has 3 aromatic carbocycles. The van der Waals surface area contributed by atoms with Crippen molar-refractivity contribution in [3.63, 3.8) is 0 Å². The van der Waals surface area contributed by atoms with E-state index in [1.807, 2.05) is 13.0 Å². The van der Waals surface area contributed by atoms with Gasteiger partial charge in [0.1, 0.15) is 16.8 Å². The van der Waals surface area contributed by atoms with E-state index in [0.717, 1.165) is 29.7 Å². The van der Waals surface area contributed by atoms with Gasteiger partial charge in [-0.3, -0.25) is 14.4 Å². The van der Waals surface area contributed by atoms with Gasteiger partial charge in [0.05, 0.1) is 25.0 Å². The Morgan fingerprint density at radius 1 is 1.02 bits per heavy atom. The maximum Gasteiger partial charge on any atom is 0.272 e. The van der Waals surface area contributed by atoms with Crippen LogP contribution in [0.25, 0.3) is 6.08 Å². The first-order chi connectivity index (χ1) is 24.9. The van der Waals surface area contributed by atoms with Crippen LogP contribution in [0.1, 0.15) is 72.5 Å². The first-order valence-electron chi connectivity index (χ1n) is 17.2. The van der Waals surface area contributed by atoms with E-state index in [0.29, 0.717) is 51.2 Å². The molecule has 3 amide bonds. The molecule has 0 saturated heterocycles. The fourth-order valence-electron chi connectivity index (χ4n) is 6.18. The van der Waals surface area contributed by atoms with Crippen LogP contribution in [0.2, 0.25) is 0 Å². The minimum atomic E-state index is -0.555. The third kappa shape index (κ3) is 9.05. The molecule has 1 aromatic heterocycles. The molecule has 2 unspecified atom stereocenters. The third-order valence-corrected chi connectivity index (χ3v) is 11.7. The van der Waals surface area contributed by atoms with Crippen LogP contribution < -0.4 is 25.4 Å². The van der Waals surface area contributed by atoms with Crippen LogP contribution in [-0.2, 0) is 22.4 Å². The fourth-order valence-corrected chi connectivity index (χ4v) is 8.47. The van der Waals surface area contributed by atoms with Gasteiger partial charge in [0.25, 0.3) is 11.8 Å². The predicted octanol–water partition coefficient (Wildman–Crippen LogP) is 8.71. The number of amides is 3. The SMILES string of the molecule is CCC(Sc1cccc(NC(=O)/C(=C\c2cccc(OC)c2OC)NC(=O)c2ccccc2)c1)C(=O)Nc1sc2c(c1C#N)CCC(C(C)(C)C)C2. The molecule has 1 aliphatic carbocycles. The van der Waals surface area contributed by atoms with Gasteiger partial charge in [0.2, 0.25) is 5.91 Å². The van der Waals surface area contributed by atoms with Crippen molar-refractivity contribution in [1.82, 2.24) is 5.32 Å². The number of anilines is 2. The molecule has 1 aliphatic rings. The number of nitrogens with one attached hydrogen (secondary N) is 3. The van der Waals surface area contributed by atoms with Gasteiger partial charge < -0.3 is 25.4 Å². The van der Waals surface area contributed by atoms with Crippen LogP contribution in [0.15, 0.2) is 83.4 Å². The minimum Gasteiger partial charge on any atom is -0.493 e. The first-order valence-corrected chi connectivity index (χ1v) is 18.9. The lowest BCUT2D eigenvalue weighted by Crippen LogP contribution is -2.30. The number of thioether (sulfide) groups is 1. The van der Waals surface area contributed by atoms with E-state index in [9.17, 15) is 19.6 Å². The average Bonchev–Trinajstić information content (AvgIpc) is 3.49. The highest BCUT2D eigenvalue weighted by atomic mass is 32.2. The minimum absolute atomic E-state index is 0.00922. The van der Waals surface area contributed by atoms with Gasteiger partial charge in [0.15, 0.2) is 11.5 Å². The summed E-state index contributed by atoms with van der Waals surface area (Å²) in [6, 6.07) is 23.4. The second-order valence-electron chi connectivity index (χ2n) is 13.6. The highest BCUT2D eigenvalue weighted by molar-refractivity contribution is 8.00. The van der Waals surface area contributed by atoms with E-state index in [1.54, 1.807) is 66.7 Å². The Balaban J connectivity index is 1.33. The summed E-state index contributed by atoms with van der Waals surface area (Å²) in [6.45, 7) is 8.72. The Morgan fingerprint density at radius 2 is 1.77 bits per heavy atom. The van der Waals surface area contributed by atoms with Crippen molar-refractivity contribution in [1.29, 1.82) is 5.26 Å². The van der Waals surface area contributed by atoms with Crippen molar-refractivity contribution >= 4 is 57.6 Å². The van der Waals surface area contributed by atoms with Crippen molar-refractivity contribution in [3.05, 3.63) is 106 Å². The number of ether oxygens (including phenoxy) is 2. The second kappa shape index (κ2) is 17.0. The number of thiophene rings is 1. The summed E-state index contributed by atoms with van der Waals surface area (Å²) in [6.07, 6.45) is 4.87. The summed E-state index contributed by atoms with van der Waals surface area (Å²) in [5, 5.41) is 19.0. The molecular formula is C41H44N4O5S2. The molecule has 2 atom stereocenters. The van der Waals surface area contributed by atoms with Crippen LogP contribution in [-0.4, -0.2) is 37.2 Å². The van der Waals surface area contributed by atoms with E-state index in [4.69, 9.17) is 9.47 Å². The Morgan fingerprint density at radius 3 is 2.44 bits per heavy atom. The van der Waals surface area contributed by atoms with Crippen molar-refractivity contribution in [2.24, 2.45) is 11.3 Å². The van der Waals surface area contributed by atoms with Gasteiger partial charge in [-0.25, -0.2) is 0 Å². The quantitative estimate of drug-likeness (QED) is 0.0980. The molecule has 4 aromatic rings. The fraction of sp³-hybridized carbons (Fsp3) is 0.317. The number of rotatable bonds is 12. The molecule has 3 N–H and O–H groups in total. The van der Waals surface area contributed by atoms with Gasteiger partial charge in [-0.05, 0) is 85.1 Å². The normalized spacial score (nSPS) is 14.7. The van der Waals surface area contributed by atoms with E-state index in [1.165, 1.54) is 48.3 Å². The number of carbonyl (C=O) groups excluding carboxylic acids is 3. The van der Waals surface area contributed by atoms with E-state index in [2.05, 4.69) is 42.8 Å². The maximum absolute atomic E-state index is 13.8. The van der Waals surface area contributed by atoms with Crippen molar-refractivity contribution in [2.45, 2.75) is 63.5 Å². The van der Waals surface area contributed by atoms with E-state index < -0.39 is 17.1 Å². The zero-order valence-corrected chi connectivity index (χ0v) is 31.9. The maximum atomic E-state index is 13.8. The molecule has 0 bridgehead atoms. The molecule has 1 heterocycles. The average molecular weight is 737 g/mol. The zero-order chi connectivity index (χ0) is 37.4. The number of fused-ring (bicyclic) bond motifs is 1. The Kier molecular flexibility index (Phi) is 12.5. The number of hydrogen-bond donors (Lipinski definition) is 3. The first kappa shape index (κ1) is 38.2. The van der Waals surface area contributed by atoms with Crippen LogP contribution in [0.3, 0.4) is 0 Å². The van der Waals surface area contributed by atoms with Gasteiger partial charge in [-0.15, -0.1) is 23.1 Å². The van der Waals surface area contributed by atoms with Crippen LogP contribution in [0.5, 0.6) is 11.5 Å². The van der Waals surface area contributed by atoms with Gasteiger partial charge in [-0.1, -0.05) is 64.1 Å². The Hall–Kier alpha value is -5.05. The summed E-state index contributed by atoms with van der Waals surface area (Å²) in [7, 11) is 3.02. The van der Waals surface area contributed by atoms with Crippen LogP contribution in [0.4, 0.5) is 10.7 Å². The Bertz CT molecular complexity index is 2010. The predicted molar refractivity (Wildman–Crippen MR) is 209 cm³/mol. The molecule has 11 heteroatoms. The number of nitrogens with zero attached hydrogens (tertiary/aromatic N) is 1. The van der Waals surface area contributed by atoms with Gasteiger partial charge in [-0.2, -0.15) is 5.26 Å². The molecule has 270 valence electrons. The number of benzene rings is 3. The third-order valence-electron chi connectivity index (χ3n) is 9.13. The second-order valence-corrected chi connectivity index (χ2v) is 16.0. The highest BCUT2D eigenvalue weighted by Crippen LogP contribution is 2.44. The van der Waals surface area contributed by atoms with E-state index in [-0.39, 0.29) is 17.0 Å². The lowest BCUT2D eigenvalue weighted by molar-refractivity contribution is -0.116. The number of hydrogen-bond acceptors (Lipinski definition) is 8. The number of methoxy groups -OCH3 is 2. The summed E-state index contributed by atoms with van der Waals surface area (Å²) in [4.78, 5) is 42.6. The largest absolute Gasteiger partial charge is 0.493 e. The number of carbonyl (C=O) groups is 3. The summed E-state index contributed by atoms with van der Waals surface area (Å²) in [5.74, 6) is 0.222. The highest BCUT2D eigenvalue weighted by Gasteiger charge is 2.33. The van der Waals surface area contributed by atoms with Crippen LogP contribution in [0, 0.1) is 22.7 Å². The molecule has 9 nitrogen and oxygen atoms in total. The van der Waals surface area contributed by atoms with Crippen molar-refractivity contribution in [3.8, 4) is 17.6 Å². The Labute approximate surface area is 313 Å². The van der Waals surface area contributed by atoms with E-state index >= 15 is 0 Å². The van der Waals surface area contributed by atoms with Crippen LogP contribution >= 0.6 is 23.1 Å². The zero-order valence-electron chi connectivity index (χ0n) is 30.3. The summed E-state index contributed by atoms with van der Waals surface area (Å²) in [5.41, 5.74) is 3.22. The molecule has 0 saturated carbocycles. The van der Waals surface area contributed by atoms with Crippen molar-refractivity contribution in [2.75, 3.05) is 24.9 Å². The lowest BCUT2D eigenvalue weighted by Gasteiger charge is -2.33. The van der Waals surface area contributed by atoms with Gasteiger partial charge in [0, 0.05) is 26.6 Å². The molecule has 0 fully saturated rings. The summed E-state index contributed by atoms with van der Waals surface area (Å²) >= 11 is 2.91.